The van der Waals surface area contributed by atoms with Gasteiger partial charge in [-0.1, -0.05) is 30.3 Å². The molecule has 2 N–H and O–H groups in total. The van der Waals surface area contributed by atoms with E-state index in [0.717, 1.165) is 51.6 Å². The minimum absolute atomic E-state index is 0.833. The molecule has 2 heterocycles. The summed E-state index contributed by atoms with van der Waals surface area (Å²) in [5.74, 6) is 0.923. The van der Waals surface area contributed by atoms with Gasteiger partial charge in [-0.05, 0) is 42.3 Å². The average molecular weight is 357 g/mol. The molecule has 0 bridgehead atoms. The summed E-state index contributed by atoms with van der Waals surface area (Å²) >= 11 is 1.90. The number of benzene rings is 1. The maximum atomic E-state index is 4.74. The molecule has 0 fully saturated rings. The molecule has 1 aromatic carbocycles. The van der Waals surface area contributed by atoms with Crippen LogP contribution < -0.4 is 10.6 Å². The Balaban J connectivity index is 1.42. The first kappa shape index (κ1) is 18.0. The number of fused-ring (bicyclic) bond motifs is 1. The number of rotatable bonds is 7. The highest BCUT2D eigenvalue weighted by Gasteiger charge is 2.16. The first-order valence-electron chi connectivity index (χ1n) is 9.19. The highest BCUT2D eigenvalue weighted by atomic mass is 32.1. The summed E-state index contributed by atoms with van der Waals surface area (Å²) in [6.07, 6.45) is 2.20. The largest absolute Gasteiger partial charge is 0.357 e. The predicted molar refractivity (Wildman–Crippen MR) is 107 cm³/mol. The summed E-state index contributed by atoms with van der Waals surface area (Å²) in [6.45, 7) is 7.98. The van der Waals surface area contributed by atoms with Crippen molar-refractivity contribution in [3.63, 3.8) is 0 Å². The third-order valence-electron chi connectivity index (χ3n) is 4.47. The van der Waals surface area contributed by atoms with Gasteiger partial charge < -0.3 is 10.6 Å². The van der Waals surface area contributed by atoms with Gasteiger partial charge in [0.1, 0.15) is 0 Å². The predicted octanol–water partition coefficient (Wildman–Crippen LogP) is 2.90. The monoisotopic (exact) mass is 356 g/mol. The SMILES string of the molecule is CCNC(=NCCN1CCc2sccc2C1)NCCc1ccccc1. The Hall–Kier alpha value is -1.85. The van der Waals surface area contributed by atoms with E-state index in [2.05, 4.69) is 64.2 Å². The molecule has 4 nitrogen and oxygen atoms in total. The summed E-state index contributed by atoms with van der Waals surface area (Å²) in [5, 5.41) is 9.00. The molecule has 0 radical (unpaired) electrons. The highest BCUT2D eigenvalue weighted by molar-refractivity contribution is 7.10. The lowest BCUT2D eigenvalue weighted by molar-refractivity contribution is 0.263. The Kier molecular flexibility index (Phi) is 6.89. The van der Waals surface area contributed by atoms with E-state index in [1.807, 2.05) is 11.3 Å². The fourth-order valence-electron chi connectivity index (χ4n) is 3.11. The Morgan fingerprint density at radius 2 is 2.08 bits per heavy atom. The first-order valence-corrected chi connectivity index (χ1v) is 10.1. The van der Waals surface area contributed by atoms with E-state index in [-0.39, 0.29) is 0 Å². The number of aliphatic imine (C=N–C) groups is 1. The van der Waals surface area contributed by atoms with Crippen molar-refractivity contribution in [1.29, 1.82) is 0 Å². The fraction of sp³-hybridized carbons (Fsp3) is 0.450. The molecular weight excluding hydrogens is 328 g/mol. The lowest BCUT2D eigenvalue weighted by Gasteiger charge is -2.26. The maximum Gasteiger partial charge on any atom is 0.191 e. The van der Waals surface area contributed by atoms with Crippen LogP contribution in [0.4, 0.5) is 0 Å². The second-order valence-corrected chi connectivity index (χ2v) is 7.32. The van der Waals surface area contributed by atoms with Crippen molar-refractivity contribution in [2.24, 2.45) is 4.99 Å². The minimum Gasteiger partial charge on any atom is -0.357 e. The highest BCUT2D eigenvalue weighted by Crippen LogP contribution is 2.23. The van der Waals surface area contributed by atoms with Gasteiger partial charge in [0.2, 0.25) is 0 Å². The van der Waals surface area contributed by atoms with Crippen LogP contribution in [-0.2, 0) is 19.4 Å². The van der Waals surface area contributed by atoms with Crippen molar-refractivity contribution >= 4 is 17.3 Å². The smallest absolute Gasteiger partial charge is 0.191 e. The zero-order valence-electron chi connectivity index (χ0n) is 15.0. The van der Waals surface area contributed by atoms with Crippen molar-refractivity contribution < 1.29 is 0 Å². The number of hydrogen-bond acceptors (Lipinski definition) is 3. The summed E-state index contributed by atoms with van der Waals surface area (Å²) < 4.78 is 0. The van der Waals surface area contributed by atoms with Gasteiger partial charge in [-0.15, -0.1) is 11.3 Å². The van der Waals surface area contributed by atoms with Crippen LogP contribution in [0.2, 0.25) is 0 Å². The van der Waals surface area contributed by atoms with Crippen LogP contribution >= 0.6 is 11.3 Å². The van der Waals surface area contributed by atoms with E-state index in [1.54, 1.807) is 4.88 Å². The van der Waals surface area contributed by atoms with E-state index < -0.39 is 0 Å². The average Bonchev–Trinajstić information content (AvgIpc) is 3.10. The third-order valence-corrected chi connectivity index (χ3v) is 5.49. The lowest BCUT2D eigenvalue weighted by atomic mass is 10.1. The Labute approximate surface area is 155 Å². The number of nitrogens with one attached hydrogen (secondary N) is 2. The van der Waals surface area contributed by atoms with Crippen LogP contribution in [-0.4, -0.2) is 43.6 Å². The van der Waals surface area contributed by atoms with Crippen LogP contribution in [0, 0.1) is 0 Å². The van der Waals surface area contributed by atoms with E-state index in [4.69, 9.17) is 4.99 Å². The molecule has 0 amide bonds. The number of thiophene rings is 1. The molecular formula is C20H28N4S. The van der Waals surface area contributed by atoms with Gasteiger partial charge in [-0.3, -0.25) is 9.89 Å². The summed E-state index contributed by atoms with van der Waals surface area (Å²) in [6, 6.07) is 12.8. The molecule has 5 heteroatoms. The summed E-state index contributed by atoms with van der Waals surface area (Å²) in [5.41, 5.74) is 2.86. The molecule has 0 spiro atoms. The molecule has 0 atom stereocenters. The molecule has 25 heavy (non-hydrogen) atoms. The van der Waals surface area contributed by atoms with Crippen LogP contribution in [0.3, 0.4) is 0 Å². The fourth-order valence-corrected chi connectivity index (χ4v) is 4.00. The van der Waals surface area contributed by atoms with Gasteiger partial charge in [0.05, 0.1) is 6.54 Å². The standard InChI is InChI=1S/C20H28N4S/c1-2-21-20(22-11-8-17-6-4-3-5-7-17)23-12-14-24-13-9-19-18(16-24)10-15-25-19/h3-7,10,15H,2,8-9,11-14,16H2,1H3,(H2,21,22,23). The molecule has 2 aromatic rings. The molecule has 0 saturated heterocycles. The summed E-state index contributed by atoms with van der Waals surface area (Å²) in [7, 11) is 0. The van der Waals surface area contributed by atoms with Gasteiger partial charge in [-0.25, -0.2) is 0 Å². The molecule has 134 valence electrons. The Bertz CT molecular complexity index is 665. The second kappa shape index (κ2) is 9.59. The summed E-state index contributed by atoms with van der Waals surface area (Å²) in [4.78, 5) is 8.81. The van der Waals surface area contributed by atoms with Gasteiger partial charge in [-0.2, -0.15) is 0 Å². The number of hydrogen-bond donors (Lipinski definition) is 2. The first-order chi connectivity index (χ1) is 12.3. The van der Waals surface area contributed by atoms with E-state index in [0.29, 0.717) is 0 Å². The van der Waals surface area contributed by atoms with E-state index in [9.17, 15) is 0 Å². The second-order valence-electron chi connectivity index (χ2n) is 6.32. The lowest BCUT2D eigenvalue weighted by Crippen LogP contribution is -2.39. The Morgan fingerprint density at radius 1 is 1.20 bits per heavy atom. The number of guanidine groups is 1. The van der Waals surface area contributed by atoms with Gasteiger partial charge >= 0.3 is 0 Å². The maximum absolute atomic E-state index is 4.74. The van der Waals surface area contributed by atoms with Gasteiger partial charge in [0.15, 0.2) is 5.96 Å². The van der Waals surface area contributed by atoms with E-state index in [1.165, 1.54) is 17.5 Å². The molecule has 0 unspecified atom stereocenters. The van der Waals surface area contributed by atoms with Crippen molar-refractivity contribution in [2.75, 3.05) is 32.7 Å². The Morgan fingerprint density at radius 3 is 2.92 bits per heavy atom. The van der Waals surface area contributed by atoms with Crippen LogP contribution in [0.1, 0.15) is 22.9 Å². The van der Waals surface area contributed by atoms with Crippen molar-refractivity contribution in [2.45, 2.75) is 26.3 Å². The zero-order chi connectivity index (χ0) is 17.3. The third kappa shape index (κ3) is 5.58. The molecule has 1 aromatic heterocycles. The van der Waals surface area contributed by atoms with Crippen LogP contribution in [0.5, 0.6) is 0 Å². The van der Waals surface area contributed by atoms with Crippen LogP contribution in [0.15, 0.2) is 46.8 Å². The quantitative estimate of drug-likeness (QED) is 0.592. The molecule has 1 aliphatic heterocycles. The molecule has 0 aliphatic carbocycles. The molecule has 1 aliphatic rings. The molecule has 3 rings (SSSR count). The normalized spacial score (nSPS) is 15.0. The van der Waals surface area contributed by atoms with Gasteiger partial charge in [0.25, 0.3) is 0 Å². The number of nitrogens with zero attached hydrogens (tertiary/aromatic N) is 2. The van der Waals surface area contributed by atoms with E-state index >= 15 is 0 Å². The zero-order valence-corrected chi connectivity index (χ0v) is 15.8. The van der Waals surface area contributed by atoms with Crippen molar-refractivity contribution in [1.82, 2.24) is 15.5 Å². The van der Waals surface area contributed by atoms with Crippen molar-refractivity contribution in [3.8, 4) is 0 Å². The molecule has 0 saturated carbocycles. The topological polar surface area (TPSA) is 39.7 Å². The van der Waals surface area contributed by atoms with Gasteiger partial charge in [0, 0.05) is 37.6 Å². The van der Waals surface area contributed by atoms with Crippen LogP contribution in [0.25, 0.3) is 0 Å². The van der Waals surface area contributed by atoms with Crippen molar-refractivity contribution in [3.05, 3.63) is 57.8 Å². The minimum atomic E-state index is 0.833.